The number of rotatable bonds is 6. The lowest BCUT2D eigenvalue weighted by atomic mass is 9.68. The smallest absolute Gasteiger partial charge is 0.200 e. The van der Waals surface area contributed by atoms with Gasteiger partial charge in [-0.15, -0.1) is 0 Å². The van der Waals surface area contributed by atoms with Crippen LogP contribution in [-0.2, 0) is 4.74 Å². The standard InChI is InChI=1S/C31H38F4O3/c32-28-24(13-15-26(36)30(28)34)21-7-5-20(6-8-21)19-3-1-18(2-4-19)17-38-23-11-9-22(10-12-23)25-14-16-27(37)31(35)29(25)33/h13-16,18-23,36-37H,1-12,17H2. The van der Waals surface area contributed by atoms with Crippen LogP contribution in [0, 0.1) is 41.0 Å². The summed E-state index contributed by atoms with van der Waals surface area (Å²) in [6.07, 6.45) is 11.8. The number of ether oxygens (including phenoxy) is 1. The second kappa shape index (κ2) is 11.8. The van der Waals surface area contributed by atoms with Gasteiger partial charge in [0.2, 0.25) is 11.6 Å². The van der Waals surface area contributed by atoms with Crippen molar-refractivity contribution in [1.82, 2.24) is 0 Å². The fraction of sp³-hybridized carbons (Fsp3) is 0.613. The third-order valence-electron chi connectivity index (χ3n) is 9.63. The molecule has 5 rings (SSSR count). The molecule has 3 aliphatic rings. The summed E-state index contributed by atoms with van der Waals surface area (Å²) in [4.78, 5) is 0. The van der Waals surface area contributed by atoms with Crippen LogP contribution in [0.25, 0.3) is 0 Å². The number of hydrogen-bond donors (Lipinski definition) is 2. The Bertz CT molecular complexity index is 1100. The molecule has 3 nitrogen and oxygen atoms in total. The van der Waals surface area contributed by atoms with Gasteiger partial charge in [0, 0.05) is 6.61 Å². The van der Waals surface area contributed by atoms with E-state index in [2.05, 4.69) is 0 Å². The van der Waals surface area contributed by atoms with Gasteiger partial charge in [0.1, 0.15) is 0 Å². The first-order valence-corrected chi connectivity index (χ1v) is 14.3. The summed E-state index contributed by atoms with van der Waals surface area (Å²) in [5, 5.41) is 18.8. The molecular formula is C31H38F4O3. The monoisotopic (exact) mass is 534 g/mol. The molecule has 7 heteroatoms. The lowest BCUT2D eigenvalue weighted by Crippen LogP contribution is -2.29. The molecule has 0 aromatic heterocycles. The summed E-state index contributed by atoms with van der Waals surface area (Å²) in [7, 11) is 0. The molecule has 2 aromatic rings. The number of phenols is 2. The Hall–Kier alpha value is -2.28. The minimum Gasteiger partial charge on any atom is -0.505 e. The van der Waals surface area contributed by atoms with Gasteiger partial charge in [0.25, 0.3) is 0 Å². The van der Waals surface area contributed by atoms with E-state index in [0.29, 0.717) is 28.9 Å². The molecule has 0 bridgehead atoms. The van der Waals surface area contributed by atoms with Crippen LogP contribution in [0.4, 0.5) is 17.6 Å². The maximum atomic E-state index is 14.3. The average Bonchev–Trinajstić information content (AvgIpc) is 2.95. The highest BCUT2D eigenvalue weighted by atomic mass is 19.2. The van der Waals surface area contributed by atoms with Crippen LogP contribution in [0.15, 0.2) is 24.3 Å². The number of benzene rings is 2. The fourth-order valence-corrected chi connectivity index (χ4v) is 7.28. The Morgan fingerprint density at radius 1 is 0.553 bits per heavy atom. The third-order valence-corrected chi connectivity index (χ3v) is 9.63. The SMILES string of the molecule is Oc1ccc(C2CCC(OCC3CCC(C4CCC(c5ccc(O)c(F)c5F)CC4)CC3)CC2)c(F)c1F. The van der Waals surface area contributed by atoms with Crippen LogP contribution in [-0.4, -0.2) is 22.9 Å². The minimum absolute atomic E-state index is 0.0192. The van der Waals surface area contributed by atoms with Crippen molar-refractivity contribution >= 4 is 0 Å². The van der Waals surface area contributed by atoms with Gasteiger partial charge in [-0.25, -0.2) is 8.78 Å². The minimum atomic E-state index is -1.16. The molecule has 0 aliphatic heterocycles. The van der Waals surface area contributed by atoms with E-state index < -0.39 is 34.8 Å². The van der Waals surface area contributed by atoms with Crippen molar-refractivity contribution < 1.29 is 32.5 Å². The average molecular weight is 535 g/mol. The van der Waals surface area contributed by atoms with Crippen LogP contribution in [0.1, 0.15) is 100 Å². The Labute approximate surface area is 222 Å². The molecule has 0 radical (unpaired) electrons. The van der Waals surface area contributed by atoms with Crippen molar-refractivity contribution in [1.29, 1.82) is 0 Å². The van der Waals surface area contributed by atoms with Crippen LogP contribution >= 0.6 is 0 Å². The lowest BCUT2D eigenvalue weighted by molar-refractivity contribution is -0.00764. The van der Waals surface area contributed by atoms with Gasteiger partial charge in [-0.2, -0.15) is 8.78 Å². The van der Waals surface area contributed by atoms with E-state index in [1.165, 1.54) is 37.1 Å². The van der Waals surface area contributed by atoms with Crippen molar-refractivity contribution in [2.75, 3.05) is 6.61 Å². The molecule has 0 heterocycles. The van der Waals surface area contributed by atoms with Gasteiger partial charge in [-0.05, 0) is 130 Å². The molecule has 3 aliphatic carbocycles. The summed E-state index contributed by atoms with van der Waals surface area (Å²) in [6, 6.07) is 5.51. The molecule has 3 saturated carbocycles. The van der Waals surface area contributed by atoms with Crippen LogP contribution in [0.5, 0.6) is 11.5 Å². The predicted molar refractivity (Wildman–Crippen MR) is 137 cm³/mol. The summed E-state index contributed by atoms with van der Waals surface area (Å²) >= 11 is 0. The van der Waals surface area contributed by atoms with E-state index >= 15 is 0 Å². The summed E-state index contributed by atoms with van der Waals surface area (Å²) in [5.74, 6) is -3.55. The molecule has 0 saturated heterocycles. The molecule has 208 valence electrons. The maximum absolute atomic E-state index is 14.3. The first kappa shape index (κ1) is 27.3. The molecule has 3 fully saturated rings. The van der Waals surface area contributed by atoms with Gasteiger partial charge in [-0.3, -0.25) is 0 Å². The van der Waals surface area contributed by atoms with E-state index in [1.807, 2.05) is 0 Å². The van der Waals surface area contributed by atoms with Gasteiger partial charge in [-0.1, -0.05) is 12.1 Å². The highest BCUT2D eigenvalue weighted by Gasteiger charge is 2.33. The van der Waals surface area contributed by atoms with Crippen LogP contribution in [0.3, 0.4) is 0 Å². The maximum Gasteiger partial charge on any atom is 0.200 e. The third kappa shape index (κ3) is 5.83. The Kier molecular flexibility index (Phi) is 8.51. The van der Waals surface area contributed by atoms with Gasteiger partial charge in [0.05, 0.1) is 6.10 Å². The van der Waals surface area contributed by atoms with Crippen molar-refractivity contribution in [2.24, 2.45) is 17.8 Å². The fourth-order valence-electron chi connectivity index (χ4n) is 7.28. The summed E-state index contributed by atoms with van der Waals surface area (Å²) in [6.45, 7) is 0.753. The van der Waals surface area contributed by atoms with Gasteiger partial charge < -0.3 is 14.9 Å². The Morgan fingerprint density at radius 2 is 0.974 bits per heavy atom. The number of aromatic hydroxyl groups is 2. The van der Waals surface area contributed by atoms with E-state index in [0.717, 1.165) is 70.8 Å². The van der Waals surface area contributed by atoms with E-state index in [1.54, 1.807) is 0 Å². The van der Waals surface area contributed by atoms with E-state index in [4.69, 9.17) is 4.74 Å². The van der Waals surface area contributed by atoms with Crippen molar-refractivity contribution in [2.45, 2.75) is 95.0 Å². The summed E-state index contributed by atoms with van der Waals surface area (Å²) < 4.78 is 62.3. The first-order chi connectivity index (χ1) is 18.3. The number of halogens is 4. The van der Waals surface area contributed by atoms with Crippen molar-refractivity contribution in [3.8, 4) is 11.5 Å². The zero-order valence-electron chi connectivity index (χ0n) is 21.8. The Balaban J connectivity index is 1.02. The van der Waals surface area contributed by atoms with Gasteiger partial charge in [0.15, 0.2) is 23.1 Å². The molecular weight excluding hydrogens is 496 g/mol. The largest absolute Gasteiger partial charge is 0.505 e. The molecule has 38 heavy (non-hydrogen) atoms. The molecule has 0 spiro atoms. The topological polar surface area (TPSA) is 49.7 Å². The quantitative estimate of drug-likeness (QED) is 0.366. The molecule has 0 atom stereocenters. The van der Waals surface area contributed by atoms with Crippen LogP contribution < -0.4 is 0 Å². The highest BCUT2D eigenvalue weighted by Crippen LogP contribution is 2.45. The van der Waals surface area contributed by atoms with E-state index in [9.17, 15) is 27.8 Å². The van der Waals surface area contributed by atoms with Crippen LogP contribution in [0.2, 0.25) is 0 Å². The molecule has 2 aromatic carbocycles. The highest BCUT2D eigenvalue weighted by molar-refractivity contribution is 5.33. The molecule has 0 amide bonds. The van der Waals surface area contributed by atoms with E-state index in [-0.39, 0.29) is 17.9 Å². The molecule has 2 N–H and O–H groups in total. The zero-order valence-corrected chi connectivity index (χ0v) is 21.8. The number of hydrogen-bond acceptors (Lipinski definition) is 3. The molecule has 0 unspecified atom stereocenters. The normalized spacial score (nSPS) is 30.3. The van der Waals surface area contributed by atoms with Crippen molar-refractivity contribution in [3.05, 3.63) is 58.7 Å². The van der Waals surface area contributed by atoms with Crippen molar-refractivity contribution in [3.63, 3.8) is 0 Å². The van der Waals surface area contributed by atoms with Gasteiger partial charge >= 0.3 is 0 Å². The summed E-state index contributed by atoms with van der Waals surface area (Å²) in [5.41, 5.74) is 0.750. The second-order valence-corrected chi connectivity index (χ2v) is 11.8. The lowest BCUT2D eigenvalue weighted by Gasteiger charge is -2.38. The number of phenolic OH excluding ortho intramolecular Hbond substituents is 2. The zero-order chi connectivity index (χ0) is 26.8. The Morgan fingerprint density at radius 3 is 1.45 bits per heavy atom. The second-order valence-electron chi connectivity index (χ2n) is 11.8. The first-order valence-electron chi connectivity index (χ1n) is 14.3. The predicted octanol–water partition coefficient (Wildman–Crippen LogP) is 8.48.